The van der Waals surface area contributed by atoms with Crippen molar-refractivity contribution in [2.45, 2.75) is 32.4 Å². The zero-order valence-corrected chi connectivity index (χ0v) is 10.2. The van der Waals surface area contributed by atoms with Crippen LogP contribution >= 0.6 is 11.3 Å². The summed E-state index contributed by atoms with van der Waals surface area (Å²) < 4.78 is 0. The Balaban J connectivity index is 2.49. The van der Waals surface area contributed by atoms with E-state index in [1.54, 1.807) is 11.3 Å². The molecule has 4 heteroatoms. The molecular formula is C11H19N3S. The van der Waals surface area contributed by atoms with Crippen molar-refractivity contribution < 1.29 is 0 Å². The van der Waals surface area contributed by atoms with Crippen molar-refractivity contribution in [2.24, 2.45) is 5.73 Å². The average molecular weight is 225 g/mol. The van der Waals surface area contributed by atoms with Crippen molar-refractivity contribution >= 4 is 17.2 Å². The summed E-state index contributed by atoms with van der Waals surface area (Å²) in [6, 6.07) is 2.52. The number of hydrogen-bond acceptors (Lipinski definition) is 3. The molecule has 0 aromatic carbocycles. The zero-order chi connectivity index (χ0) is 11.3. The van der Waals surface area contributed by atoms with Crippen LogP contribution in [0.4, 0.5) is 0 Å². The Hall–Kier alpha value is -0.870. The minimum Gasteiger partial charge on any atom is -0.388 e. The SMILES string of the molecule is CCC(CC(=N)N)N(C)Cc1ccsc1. The van der Waals surface area contributed by atoms with Gasteiger partial charge in [0.15, 0.2) is 0 Å². The highest BCUT2D eigenvalue weighted by Crippen LogP contribution is 2.13. The summed E-state index contributed by atoms with van der Waals surface area (Å²) in [6.45, 7) is 3.08. The lowest BCUT2D eigenvalue weighted by Gasteiger charge is -2.26. The number of nitrogens with one attached hydrogen (secondary N) is 1. The third-order valence-electron chi connectivity index (χ3n) is 2.56. The molecule has 0 amide bonds. The van der Waals surface area contributed by atoms with Gasteiger partial charge in [0, 0.05) is 19.0 Å². The lowest BCUT2D eigenvalue weighted by molar-refractivity contribution is 0.232. The molecule has 0 fully saturated rings. The molecular weight excluding hydrogens is 206 g/mol. The molecule has 1 unspecified atom stereocenters. The summed E-state index contributed by atoms with van der Waals surface area (Å²) in [4.78, 5) is 2.27. The van der Waals surface area contributed by atoms with Crippen molar-refractivity contribution in [1.82, 2.24) is 4.90 Å². The van der Waals surface area contributed by atoms with E-state index in [2.05, 4.69) is 35.7 Å². The van der Waals surface area contributed by atoms with E-state index in [-0.39, 0.29) is 5.84 Å². The highest BCUT2D eigenvalue weighted by atomic mass is 32.1. The van der Waals surface area contributed by atoms with Gasteiger partial charge in [-0.1, -0.05) is 6.92 Å². The molecule has 3 N–H and O–H groups in total. The van der Waals surface area contributed by atoms with Crippen LogP contribution in [0, 0.1) is 5.41 Å². The second kappa shape index (κ2) is 5.88. The Kier molecular flexibility index (Phi) is 4.78. The second-order valence-electron chi connectivity index (χ2n) is 3.84. The molecule has 0 aliphatic rings. The molecule has 84 valence electrons. The quantitative estimate of drug-likeness (QED) is 0.576. The maximum absolute atomic E-state index is 7.32. The lowest BCUT2D eigenvalue weighted by Crippen LogP contribution is -2.34. The van der Waals surface area contributed by atoms with Gasteiger partial charge in [-0.3, -0.25) is 10.3 Å². The van der Waals surface area contributed by atoms with Gasteiger partial charge in [-0.05, 0) is 35.9 Å². The van der Waals surface area contributed by atoms with Gasteiger partial charge in [0.05, 0.1) is 5.84 Å². The van der Waals surface area contributed by atoms with Gasteiger partial charge in [0.25, 0.3) is 0 Å². The molecule has 3 nitrogen and oxygen atoms in total. The van der Waals surface area contributed by atoms with Crippen molar-refractivity contribution in [3.8, 4) is 0 Å². The third-order valence-corrected chi connectivity index (χ3v) is 3.29. The molecule has 0 saturated carbocycles. The number of nitrogens with zero attached hydrogens (tertiary/aromatic N) is 1. The molecule has 1 aromatic rings. The van der Waals surface area contributed by atoms with Crippen molar-refractivity contribution in [3.05, 3.63) is 22.4 Å². The van der Waals surface area contributed by atoms with E-state index in [0.29, 0.717) is 12.5 Å². The lowest BCUT2D eigenvalue weighted by atomic mass is 10.1. The summed E-state index contributed by atoms with van der Waals surface area (Å²) in [6.07, 6.45) is 1.69. The van der Waals surface area contributed by atoms with Crippen molar-refractivity contribution in [2.75, 3.05) is 7.05 Å². The Morgan fingerprint density at radius 1 is 1.67 bits per heavy atom. The van der Waals surface area contributed by atoms with Crippen LogP contribution < -0.4 is 5.73 Å². The molecule has 1 aromatic heterocycles. The first-order valence-corrected chi connectivity index (χ1v) is 6.12. The van der Waals surface area contributed by atoms with E-state index >= 15 is 0 Å². The van der Waals surface area contributed by atoms with E-state index in [1.807, 2.05) is 0 Å². The van der Waals surface area contributed by atoms with Crippen molar-refractivity contribution in [3.63, 3.8) is 0 Å². The minimum atomic E-state index is 0.277. The second-order valence-corrected chi connectivity index (χ2v) is 4.62. The monoisotopic (exact) mass is 225 g/mol. The summed E-state index contributed by atoms with van der Waals surface area (Å²) in [5.74, 6) is 0.277. The largest absolute Gasteiger partial charge is 0.388 e. The summed E-state index contributed by atoms with van der Waals surface area (Å²) in [5.41, 5.74) is 6.78. The zero-order valence-electron chi connectivity index (χ0n) is 9.36. The van der Waals surface area contributed by atoms with E-state index < -0.39 is 0 Å². The molecule has 0 spiro atoms. The van der Waals surface area contributed by atoms with Gasteiger partial charge >= 0.3 is 0 Å². The van der Waals surface area contributed by atoms with E-state index in [4.69, 9.17) is 11.1 Å². The Labute approximate surface area is 95.4 Å². The van der Waals surface area contributed by atoms with Crippen LogP contribution in [0.15, 0.2) is 16.8 Å². The smallest absolute Gasteiger partial charge is 0.0921 e. The Morgan fingerprint density at radius 3 is 2.87 bits per heavy atom. The van der Waals surface area contributed by atoms with Gasteiger partial charge in [-0.2, -0.15) is 11.3 Å². The Bertz CT molecular complexity index is 295. The van der Waals surface area contributed by atoms with Crippen LogP contribution in [-0.4, -0.2) is 23.8 Å². The molecule has 0 bridgehead atoms. The average Bonchev–Trinajstić information content (AvgIpc) is 2.66. The molecule has 15 heavy (non-hydrogen) atoms. The first kappa shape index (κ1) is 12.2. The standard InChI is InChI=1S/C11H19N3S/c1-3-10(6-11(12)13)14(2)7-9-4-5-15-8-9/h4-5,8,10H,3,6-7H2,1-2H3,(H3,12,13). The van der Waals surface area contributed by atoms with Crippen molar-refractivity contribution in [1.29, 1.82) is 5.41 Å². The number of nitrogens with two attached hydrogens (primary N) is 1. The molecule has 1 rings (SSSR count). The van der Waals surface area contributed by atoms with Gasteiger partial charge in [0.2, 0.25) is 0 Å². The fourth-order valence-electron chi connectivity index (χ4n) is 1.67. The predicted molar refractivity (Wildman–Crippen MR) is 66.4 cm³/mol. The van der Waals surface area contributed by atoms with Crippen LogP contribution in [0.5, 0.6) is 0 Å². The predicted octanol–water partition coefficient (Wildman–Crippen LogP) is 2.28. The normalized spacial score (nSPS) is 13.0. The molecule has 0 saturated heterocycles. The van der Waals surface area contributed by atoms with Gasteiger partial charge in [0.1, 0.15) is 0 Å². The highest BCUT2D eigenvalue weighted by Gasteiger charge is 2.13. The molecule has 1 heterocycles. The molecule has 1 atom stereocenters. The van der Waals surface area contributed by atoms with Crippen LogP contribution in [-0.2, 0) is 6.54 Å². The molecule has 0 aliphatic carbocycles. The van der Waals surface area contributed by atoms with E-state index in [9.17, 15) is 0 Å². The van der Waals surface area contributed by atoms with Crippen LogP contribution in [0.25, 0.3) is 0 Å². The summed E-state index contributed by atoms with van der Waals surface area (Å²) in [5, 5.41) is 11.6. The molecule has 0 aliphatic heterocycles. The van der Waals surface area contributed by atoms with Crippen LogP contribution in [0.2, 0.25) is 0 Å². The first-order valence-electron chi connectivity index (χ1n) is 5.17. The Morgan fingerprint density at radius 2 is 2.40 bits per heavy atom. The molecule has 0 radical (unpaired) electrons. The highest BCUT2D eigenvalue weighted by molar-refractivity contribution is 7.07. The summed E-state index contributed by atoms with van der Waals surface area (Å²) >= 11 is 1.72. The number of hydrogen-bond donors (Lipinski definition) is 2. The van der Waals surface area contributed by atoms with Crippen LogP contribution in [0.3, 0.4) is 0 Å². The minimum absolute atomic E-state index is 0.277. The maximum Gasteiger partial charge on any atom is 0.0921 e. The summed E-state index contributed by atoms with van der Waals surface area (Å²) in [7, 11) is 2.09. The maximum atomic E-state index is 7.32. The topological polar surface area (TPSA) is 53.1 Å². The van der Waals surface area contributed by atoms with Crippen LogP contribution in [0.1, 0.15) is 25.3 Å². The van der Waals surface area contributed by atoms with E-state index in [1.165, 1.54) is 5.56 Å². The first-order chi connectivity index (χ1) is 7.13. The van der Waals surface area contributed by atoms with Gasteiger partial charge in [-0.25, -0.2) is 0 Å². The van der Waals surface area contributed by atoms with Gasteiger partial charge in [-0.15, -0.1) is 0 Å². The fraction of sp³-hybridized carbons (Fsp3) is 0.545. The van der Waals surface area contributed by atoms with Gasteiger partial charge < -0.3 is 5.73 Å². The fourth-order valence-corrected chi connectivity index (χ4v) is 2.33. The number of amidine groups is 1. The third kappa shape index (κ3) is 4.01. The number of rotatable bonds is 6. The number of thiophene rings is 1. The van der Waals surface area contributed by atoms with E-state index in [0.717, 1.165) is 13.0 Å².